The van der Waals surface area contributed by atoms with Gasteiger partial charge in [-0.05, 0) is 49.4 Å². The molecule has 0 aliphatic heterocycles. The number of anilines is 1. The number of aryl methyl sites for hydroxylation is 1. The van der Waals surface area contributed by atoms with Gasteiger partial charge < -0.3 is 19.4 Å². The number of carbonyl (C=O) groups excluding carboxylic acids is 1. The fourth-order valence-electron chi connectivity index (χ4n) is 2.37. The zero-order valence-corrected chi connectivity index (χ0v) is 14.9. The average molecular weight is 358 g/mol. The highest BCUT2D eigenvalue weighted by Gasteiger charge is 2.15. The van der Waals surface area contributed by atoms with E-state index < -0.39 is 6.10 Å². The predicted molar refractivity (Wildman–Crippen MR) is 98.8 cm³/mol. The molecule has 130 valence electrons. The van der Waals surface area contributed by atoms with Crippen molar-refractivity contribution >= 4 is 33.1 Å². The number of rotatable bonds is 5. The second-order valence-electron chi connectivity index (χ2n) is 5.53. The third-order valence-electron chi connectivity index (χ3n) is 3.80. The fraction of sp³-hybridized carbons (Fsp3) is 0.222. The van der Waals surface area contributed by atoms with E-state index >= 15 is 0 Å². The molecule has 0 aliphatic rings. The third-order valence-corrected chi connectivity index (χ3v) is 4.80. The number of nitrogens with one attached hydrogen (secondary N) is 1. The molecule has 1 unspecified atom stereocenters. The predicted octanol–water partition coefficient (Wildman–Crippen LogP) is 3.01. The smallest absolute Gasteiger partial charge is 0.307 e. The summed E-state index contributed by atoms with van der Waals surface area (Å²) in [5, 5.41) is 2.81. The molecule has 1 atom stereocenters. The lowest BCUT2D eigenvalue weighted by atomic mass is 10.2. The van der Waals surface area contributed by atoms with Crippen LogP contribution < -0.4 is 19.7 Å². The third kappa shape index (κ3) is 3.66. The maximum absolute atomic E-state index is 12.3. The molecule has 0 fully saturated rings. The van der Waals surface area contributed by atoms with Crippen molar-refractivity contribution in [3.05, 3.63) is 52.1 Å². The first kappa shape index (κ1) is 17.0. The number of methoxy groups -OCH3 is 1. The van der Waals surface area contributed by atoms with Gasteiger partial charge in [-0.1, -0.05) is 11.3 Å². The molecular formula is C18H18N2O4S. The van der Waals surface area contributed by atoms with Gasteiger partial charge in [0.2, 0.25) is 0 Å². The number of ether oxygens (including phenoxy) is 2. The number of hydrogen-bond donors (Lipinski definition) is 1. The van der Waals surface area contributed by atoms with Crippen LogP contribution in [0.5, 0.6) is 11.5 Å². The normalized spacial score (nSPS) is 12.0. The van der Waals surface area contributed by atoms with E-state index in [0.717, 1.165) is 27.3 Å². The van der Waals surface area contributed by atoms with E-state index in [1.807, 2.05) is 6.07 Å². The number of thiazole rings is 1. The van der Waals surface area contributed by atoms with Gasteiger partial charge in [0.25, 0.3) is 5.91 Å². The van der Waals surface area contributed by atoms with Crippen molar-refractivity contribution in [2.45, 2.75) is 13.0 Å². The summed E-state index contributed by atoms with van der Waals surface area (Å²) in [7, 11) is 3.32. The summed E-state index contributed by atoms with van der Waals surface area (Å²) in [6.45, 7) is 1.68. The number of amides is 1. The Labute approximate surface area is 148 Å². The van der Waals surface area contributed by atoms with Gasteiger partial charge in [0.1, 0.15) is 11.5 Å². The second-order valence-corrected chi connectivity index (χ2v) is 6.53. The van der Waals surface area contributed by atoms with E-state index in [2.05, 4.69) is 5.32 Å². The van der Waals surface area contributed by atoms with Crippen molar-refractivity contribution < 1.29 is 14.3 Å². The quantitative estimate of drug-likeness (QED) is 0.761. The Kier molecular flexibility index (Phi) is 4.76. The van der Waals surface area contributed by atoms with Crippen molar-refractivity contribution in [3.63, 3.8) is 0 Å². The molecule has 1 N–H and O–H groups in total. The van der Waals surface area contributed by atoms with Crippen LogP contribution in [0.2, 0.25) is 0 Å². The molecule has 25 heavy (non-hydrogen) atoms. The molecule has 0 saturated carbocycles. The van der Waals surface area contributed by atoms with Gasteiger partial charge in [-0.2, -0.15) is 0 Å². The minimum Gasteiger partial charge on any atom is -0.497 e. The van der Waals surface area contributed by atoms with E-state index in [1.165, 1.54) is 0 Å². The van der Waals surface area contributed by atoms with Crippen LogP contribution in [0.25, 0.3) is 10.2 Å². The summed E-state index contributed by atoms with van der Waals surface area (Å²) in [5.41, 5.74) is 1.47. The second kappa shape index (κ2) is 6.98. The van der Waals surface area contributed by atoms with Gasteiger partial charge in [-0.3, -0.25) is 9.59 Å². The van der Waals surface area contributed by atoms with E-state index in [9.17, 15) is 9.59 Å². The molecule has 2 aromatic carbocycles. The van der Waals surface area contributed by atoms with E-state index in [-0.39, 0.29) is 10.8 Å². The topological polar surface area (TPSA) is 69.6 Å². The van der Waals surface area contributed by atoms with Crippen LogP contribution in [-0.4, -0.2) is 23.7 Å². The number of carbonyl (C=O) groups is 1. The Hall–Kier alpha value is -2.80. The lowest BCUT2D eigenvalue weighted by molar-refractivity contribution is -0.122. The van der Waals surface area contributed by atoms with Crippen LogP contribution in [0.1, 0.15) is 6.92 Å². The van der Waals surface area contributed by atoms with E-state index in [1.54, 1.807) is 62.0 Å². The summed E-state index contributed by atoms with van der Waals surface area (Å²) in [6.07, 6.45) is -0.668. The molecule has 1 heterocycles. The molecule has 0 radical (unpaired) electrons. The number of nitrogens with zero attached hydrogens (tertiary/aromatic N) is 1. The van der Waals surface area contributed by atoms with Crippen molar-refractivity contribution in [1.29, 1.82) is 0 Å². The van der Waals surface area contributed by atoms with Crippen molar-refractivity contribution in [2.24, 2.45) is 7.05 Å². The molecule has 0 saturated heterocycles. The van der Waals surface area contributed by atoms with Crippen LogP contribution in [0, 0.1) is 0 Å². The van der Waals surface area contributed by atoms with Gasteiger partial charge in [0.15, 0.2) is 6.10 Å². The Balaban J connectivity index is 1.69. The van der Waals surface area contributed by atoms with Crippen LogP contribution in [0.15, 0.2) is 47.3 Å². The van der Waals surface area contributed by atoms with Gasteiger partial charge in [0, 0.05) is 12.7 Å². The van der Waals surface area contributed by atoms with E-state index in [4.69, 9.17) is 9.47 Å². The largest absolute Gasteiger partial charge is 0.497 e. The minimum absolute atomic E-state index is 0.0327. The summed E-state index contributed by atoms with van der Waals surface area (Å²) in [6, 6.07) is 12.4. The maximum Gasteiger partial charge on any atom is 0.307 e. The zero-order valence-electron chi connectivity index (χ0n) is 14.1. The summed E-state index contributed by atoms with van der Waals surface area (Å²) in [4.78, 5) is 24.0. The SMILES string of the molecule is COc1ccc(OC(C)C(=O)Nc2ccc3c(c2)sc(=O)n3C)cc1. The number of hydrogen-bond acceptors (Lipinski definition) is 5. The Bertz CT molecular complexity index is 959. The van der Waals surface area contributed by atoms with Crippen LogP contribution in [0.3, 0.4) is 0 Å². The fourth-order valence-corrected chi connectivity index (χ4v) is 3.29. The number of fused-ring (bicyclic) bond motifs is 1. The lowest BCUT2D eigenvalue weighted by Gasteiger charge is -2.15. The van der Waals surface area contributed by atoms with Gasteiger partial charge >= 0.3 is 4.87 Å². The standard InChI is InChI=1S/C18H18N2O4S/c1-11(24-14-7-5-13(23-3)6-8-14)17(21)19-12-4-9-15-16(10-12)25-18(22)20(15)2/h4-11H,1-3H3,(H,19,21). The maximum atomic E-state index is 12.3. The van der Waals surface area contributed by atoms with Crippen molar-refractivity contribution in [1.82, 2.24) is 4.57 Å². The van der Waals surface area contributed by atoms with Crippen LogP contribution in [-0.2, 0) is 11.8 Å². The molecule has 6 nitrogen and oxygen atoms in total. The highest BCUT2D eigenvalue weighted by atomic mass is 32.1. The molecule has 3 aromatic rings. The molecule has 3 rings (SSSR count). The summed E-state index contributed by atoms with van der Waals surface area (Å²) < 4.78 is 13.1. The van der Waals surface area contributed by atoms with E-state index in [0.29, 0.717) is 11.4 Å². The highest BCUT2D eigenvalue weighted by molar-refractivity contribution is 7.16. The van der Waals surface area contributed by atoms with Crippen molar-refractivity contribution in [3.8, 4) is 11.5 Å². The Morgan fingerprint density at radius 1 is 1.16 bits per heavy atom. The van der Waals surface area contributed by atoms with Gasteiger partial charge in [-0.15, -0.1) is 0 Å². The molecule has 1 amide bonds. The minimum atomic E-state index is -0.668. The Morgan fingerprint density at radius 2 is 1.84 bits per heavy atom. The molecule has 0 bridgehead atoms. The summed E-state index contributed by atoms with van der Waals surface area (Å²) in [5.74, 6) is 1.04. The van der Waals surface area contributed by atoms with Crippen molar-refractivity contribution in [2.75, 3.05) is 12.4 Å². The Morgan fingerprint density at radius 3 is 2.52 bits per heavy atom. The van der Waals surface area contributed by atoms with Gasteiger partial charge in [0.05, 0.1) is 17.3 Å². The molecule has 0 spiro atoms. The average Bonchev–Trinajstić information content (AvgIpc) is 2.89. The summed E-state index contributed by atoms with van der Waals surface area (Å²) >= 11 is 1.15. The number of benzene rings is 2. The van der Waals surface area contributed by atoms with Gasteiger partial charge in [-0.25, -0.2) is 0 Å². The highest BCUT2D eigenvalue weighted by Crippen LogP contribution is 2.22. The first-order chi connectivity index (χ1) is 12.0. The first-order valence-corrected chi connectivity index (χ1v) is 8.51. The van der Waals surface area contributed by atoms with Crippen LogP contribution >= 0.6 is 11.3 Å². The van der Waals surface area contributed by atoms with Crippen LogP contribution in [0.4, 0.5) is 5.69 Å². The molecule has 0 aliphatic carbocycles. The first-order valence-electron chi connectivity index (χ1n) is 7.69. The molecular weight excluding hydrogens is 340 g/mol. The molecule has 1 aromatic heterocycles. The monoisotopic (exact) mass is 358 g/mol. The lowest BCUT2D eigenvalue weighted by Crippen LogP contribution is -2.30. The zero-order chi connectivity index (χ0) is 18.0. The molecule has 7 heteroatoms. The number of aromatic nitrogens is 1.